The summed E-state index contributed by atoms with van der Waals surface area (Å²) in [6, 6.07) is 1.87. The van der Waals surface area contributed by atoms with Crippen LogP contribution in [0.1, 0.15) is 12.8 Å². The fraction of sp³-hybridized carbons (Fsp3) is 0.357. The highest BCUT2D eigenvalue weighted by Crippen LogP contribution is 2.31. The van der Waals surface area contributed by atoms with Gasteiger partial charge in [-0.1, -0.05) is 0 Å². The summed E-state index contributed by atoms with van der Waals surface area (Å²) in [4.78, 5) is 17.9. The Balaban J connectivity index is 1.86. The first kappa shape index (κ1) is 14.3. The van der Waals surface area contributed by atoms with Crippen molar-refractivity contribution in [3.05, 3.63) is 24.8 Å². The van der Waals surface area contributed by atoms with E-state index >= 15 is 0 Å². The van der Waals surface area contributed by atoms with Crippen LogP contribution in [0.25, 0.3) is 21.9 Å². The Morgan fingerprint density at radius 2 is 2.17 bits per heavy atom. The van der Waals surface area contributed by atoms with Crippen LogP contribution in [-0.4, -0.2) is 51.2 Å². The molecule has 0 saturated carbocycles. The molecule has 3 aromatic rings. The van der Waals surface area contributed by atoms with E-state index in [1.165, 1.54) is 0 Å². The van der Waals surface area contributed by atoms with Crippen molar-refractivity contribution in [3.8, 4) is 0 Å². The maximum absolute atomic E-state index is 11.5. The van der Waals surface area contributed by atoms with E-state index in [9.17, 15) is 13.0 Å². The molecule has 0 radical (unpaired) electrons. The molecular formula is C14H15N5O3S. The number of fused-ring (bicyclic) bond motifs is 3. The summed E-state index contributed by atoms with van der Waals surface area (Å²) in [7, 11) is -4.05. The molecule has 1 fully saturated rings. The third kappa shape index (κ3) is 2.41. The summed E-state index contributed by atoms with van der Waals surface area (Å²) in [5.74, 6) is 0.688. The number of nitrogens with zero attached hydrogens (tertiary/aromatic N) is 4. The largest absolute Gasteiger partial charge is 0.355 e. The molecule has 0 bridgehead atoms. The van der Waals surface area contributed by atoms with Crippen molar-refractivity contribution in [2.75, 3.05) is 18.0 Å². The zero-order chi connectivity index (χ0) is 16.0. The average Bonchev–Trinajstić information content (AvgIpc) is 3.02. The summed E-state index contributed by atoms with van der Waals surface area (Å²) in [5, 5.41) is 0.953. The van der Waals surface area contributed by atoms with Gasteiger partial charge in [-0.3, -0.25) is 4.55 Å². The average molecular weight is 333 g/mol. The van der Waals surface area contributed by atoms with Gasteiger partial charge in [-0.25, -0.2) is 15.0 Å². The number of pyridine rings is 1. The zero-order valence-corrected chi connectivity index (χ0v) is 13.0. The molecule has 1 saturated heterocycles. The number of hydrogen-bond donors (Lipinski definition) is 2. The van der Waals surface area contributed by atoms with E-state index in [4.69, 9.17) is 0 Å². The predicted molar refractivity (Wildman–Crippen MR) is 86.0 cm³/mol. The van der Waals surface area contributed by atoms with Crippen molar-refractivity contribution in [2.24, 2.45) is 0 Å². The van der Waals surface area contributed by atoms with E-state index in [2.05, 4.69) is 19.9 Å². The highest BCUT2D eigenvalue weighted by molar-refractivity contribution is 7.86. The quantitative estimate of drug-likeness (QED) is 0.681. The van der Waals surface area contributed by atoms with Crippen LogP contribution < -0.4 is 4.90 Å². The van der Waals surface area contributed by atoms with Crippen molar-refractivity contribution in [1.29, 1.82) is 0 Å². The second-order valence-electron chi connectivity index (χ2n) is 5.68. The lowest BCUT2D eigenvalue weighted by atomic mass is 10.1. The first-order chi connectivity index (χ1) is 11.0. The summed E-state index contributed by atoms with van der Waals surface area (Å²) in [6.07, 6.45) is 6.09. The SMILES string of the molecule is O=S(=O)(O)C1CCCN(c2nc[nH]c3cnc4nccc4c23)C1. The van der Waals surface area contributed by atoms with Gasteiger partial charge in [0.05, 0.1) is 23.4 Å². The number of nitrogens with one attached hydrogen (secondary N) is 1. The first-order valence-electron chi connectivity index (χ1n) is 7.32. The molecule has 1 aliphatic heterocycles. The van der Waals surface area contributed by atoms with E-state index in [0.29, 0.717) is 30.9 Å². The molecule has 8 nitrogen and oxygen atoms in total. The van der Waals surface area contributed by atoms with Gasteiger partial charge >= 0.3 is 0 Å². The standard InChI is InChI=1S/C14H15N5O3S/c20-23(21,22)9-2-1-5-19(7-9)14-12-10-3-4-15-13(10)16-6-11(12)17-8-18-14/h3-4,6,8-9H,1-2,5,7H2,(H,17,18)(H,20,21,22). The highest BCUT2D eigenvalue weighted by atomic mass is 32.2. The number of hydrogen-bond acceptors (Lipinski definition) is 6. The zero-order valence-electron chi connectivity index (χ0n) is 12.2. The minimum Gasteiger partial charge on any atom is -0.355 e. The van der Waals surface area contributed by atoms with Crippen LogP contribution >= 0.6 is 0 Å². The van der Waals surface area contributed by atoms with Gasteiger partial charge in [0.2, 0.25) is 0 Å². The topological polar surface area (TPSA) is 112 Å². The molecule has 1 aliphatic rings. The lowest BCUT2D eigenvalue weighted by Crippen LogP contribution is -2.42. The molecule has 1 unspecified atom stereocenters. The van der Waals surface area contributed by atoms with Gasteiger partial charge in [-0.05, 0) is 18.9 Å². The molecule has 9 heteroatoms. The van der Waals surface area contributed by atoms with E-state index < -0.39 is 15.4 Å². The first-order valence-corrected chi connectivity index (χ1v) is 8.82. The number of H-pyrrole nitrogens is 1. The Kier molecular flexibility index (Phi) is 3.20. The van der Waals surface area contributed by atoms with Crippen molar-refractivity contribution in [1.82, 2.24) is 19.9 Å². The van der Waals surface area contributed by atoms with Gasteiger partial charge in [-0.2, -0.15) is 8.42 Å². The number of aromatic nitrogens is 4. The number of aromatic amines is 1. The van der Waals surface area contributed by atoms with Crippen molar-refractivity contribution < 1.29 is 13.0 Å². The van der Waals surface area contributed by atoms with E-state index in [1.54, 1.807) is 18.7 Å². The maximum atomic E-state index is 11.5. The number of anilines is 1. The third-order valence-corrected chi connectivity index (χ3v) is 5.49. The lowest BCUT2D eigenvalue weighted by Gasteiger charge is -2.32. The van der Waals surface area contributed by atoms with E-state index in [0.717, 1.165) is 16.3 Å². The van der Waals surface area contributed by atoms with Crippen LogP contribution in [0.5, 0.6) is 0 Å². The summed E-state index contributed by atoms with van der Waals surface area (Å²) >= 11 is 0. The van der Waals surface area contributed by atoms with Crippen LogP contribution in [0.15, 0.2) is 24.8 Å². The van der Waals surface area contributed by atoms with Gasteiger partial charge < -0.3 is 9.88 Å². The Hall–Kier alpha value is -2.26. The minimum atomic E-state index is -4.05. The Morgan fingerprint density at radius 1 is 1.30 bits per heavy atom. The van der Waals surface area contributed by atoms with Gasteiger partial charge in [-0.15, -0.1) is 0 Å². The predicted octanol–water partition coefficient (Wildman–Crippen LogP) is 1.36. The lowest BCUT2D eigenvalue weighted by molar-refractivity contribution is 0.446. The van der Waals surface area contributed by atoms with Crippen LogP contribution in [0.2, 0.25) is 0 Å². The van der Waals surface area contributed by atoms with Crippen molar-refractivity contribution >= 4 is 37.9 Å². The second-order valence-corrected chi connectivity index (χ2v) is 7.38. The second kappa shape index (κ2) is 5.14. The number of piperidine rings is 1. The fourth-order valence-corrected chi connectivity index (χ4v) is 3.98. The van der Waals surface area contributed by atoms with Crippen molar-refractivity contribution in [3.63, 3.8) is 0 Å². The van der Waals surface area contributed by atoms with Crippen LogP contribution in [0, 0.1) is 0 Å². The smallest absolute Gasteiger partial charge is 0.269 e. The summed E-state index contributed by atoms with van der Waals surface area (Å²) < 4.78 is 32.3. The molecule has 23 heavy (non-hydrogen) atoms. The molecule has 2 N–H and O–H groups in total. The summed E-state index contributed by atoms with van der Waals surface area (Å²) in [6.45, 7) is 0.916. The molecule has 0 aromatic carbocycles. The Morgan fingerprint density at radius 3 is 3.00 bits per heavy atom. The van der Waals surface area contributed by atoms with Gasteiger partial charge in [0.15, 0.2) is 5.65 Å². The van der Waals surface area contributed by atoms with Crippen LogP contribution in [0.3, 0.4) is 0 Å². The minimum absolute atomic E-state index is 0.225. The molecule has 4 heterocycles. The van der Waals surface area contributed by atoms with Crippen molar-refractivity contribution in [2.45, 2.75) is 18.1 Å². The fourth-order valence-electron chi connectivity index (χ4n) is 3.15. The monoisotopic (exact) mass is 333 g/mol. The van der Waals surface area contributed by atoms with Crippen LogP contribution in [-0.2, 0) is 10.1 Å². The van der Waals surface area contributed by atoms with Gasteiger partial charge in [0.25, 0.3) is 10.1 Å². The molecule has 0 amide bonds. The molecule has 0 aliphatic carbocycles. The van der Waals surface area contributed by atoms with E-state index in [-0.39, 0.29) is 6.54 Å². The summed E-state index contributed by atoms with van der Waals surface area (Å²) in [5.41, 5.74) is 1.44. The molecular weight excluding hydrogens is 318 g/mol. The Bertz CT molecular complexity index is 984. The molecule has 3 aromatic heterocycles. The molecule has 0 spiro atoms. The van der Waals surface area contributed by atoms with Crippen LogP contribution in [0.4, 0.5) is 5.82 Å². The van der Waals surface area contributed by atoms with Gasteiger partial charge in [0, 0.05) is 24.7 Å². The highest BCUT2D eigenvalue weighted by Gasteiger charge is 2.30. The Labute approximate surface area is 132 Å². The molecule has 120 valence electrons. The normalized spacial score (nSPS) is 19.5. The molecule has 1 atom stereocenters. The maximum Gasteiger partial charge on any atom is 0.269 e. The third-order valence-electron chi connectivity index (χ3n) is 4.26. The number of rotatable bonds is 2. The molecule has 4 rings (SSSR count). The van der Waals surface area contributed by atoms with Gasteiger partial charge in [0.1, 0.15) is 11.1 Å². The van der Waals surface area contributed by atoms with E-state index in [1.807, 2.05) is 11.0 Å².